The van der Waals surface area contributed by atoms with Gasteiger partial charge in [0.1, 0.15) is 5.60 Å². The predicted molar refractivity (Wildman–Crippen MR) is 67.4 cm³/mol. The molecule has 0 aliphatic rings. The lowest BCUT2D eigenvalue weighted by Gasteiger charge is -2.23. The Balaban J connectivity index is 4.31. The third kappa shape index (κ3) is 6.41. The summed E-state index contributed by atoms with van der Waals surface area (Å²) in [5.41, 5.74) is 5.21. The molecule has 0 spiro atoms. The minimum absolute atomic E-state index is 0.0849. The molecule has 4 heteroatoms. The first kappa shape index (κ1) is 16.1. The van der Waals surface area contributed by atoms with E-state index in [1.165, 1.54) is 0 Å². The zero-order valence-corrected chi connectivity index (χ0v) is 11.7. The largest absolute Gasteiger partial charge is 0.460 e. The average molecular weight is 243 g/mol. The number of hydrogen-bond donors (Lipinski definition) is 1. The molecule has 0 fully saturated rings. The topological polar surface area (TPSA) is 69.4 Å². The van der Waals surface area contributed by atoms with E-state index in [1.54, 1.807) is 27.7 Å². The molecule has 2 atom stereocenters. The summed E-state index contributed by atoms with van der Waals surface area (Å²) in [6, 6.07) is -0.500. The second kappa shape index (κ2) is 6.15. The Morgan fingerprint density at radius 3 is 2.00 bits per heavy atom. The molecule has 0 aliphatic heterocycles. The number of nitrogens with two attached hydrogens (primary N) is 1. The molecular weight excluding hydrogens is 218 g/mol. The zero-order chi connectivity index (χ0) is 13.8. The number of ether oxygens (including phenoxy) is 1. The van der Waals surface area contributed by atoms with Crippen LogP contribution in [0.2, 0.25) is 0 Å². The highest BCUT2D eigenvalue weighted by atomic mass is 16.6. The van der Waals surface area contributed by atoms with E-state index in [4.69, 9.17) is 10.5 Å². The highest BCUT2D eigenvalue weighted by Gasteiger charge is 2.26. The molecule has 0 unspecified atom stereocenters. The Morgan fingerprint density at radius 1 is 1.18 bits per heavy atom. The van der Waals surface area contributed by atoms with Gasteiger partial charge in [0.25, 0.3) is 0 Å². The minimum Gasteiger partial charge on any atom is -0.460 e. The summed E-state index contributed by atoms with van der Waals surface area (Å²) in [7, 11) is 0. The van der Waals surface area contributed by atoms with Crippen molar-refractivity contribution in [3.63, 3.8) is 0 Å². The average Bonchev–Trinajstić information content (AvgIpc) is 2.13. The number of carbonyl (C=O) groups is 2. The number of carbonyl (C=O) groups excluding carboxylic acids is 2. The molecule has 17 heavy (non-hydrogen) atoms. The van der Waals surface area contributed by atoms with E-state index in [-0.39, 0.29) is 24.1 Å². The number of hydrogen-bond acceptors (Lipinski definition) is 4. The lowest BCUT2D eigenvalue weighted by Crippen LogP contribution is -2.38. The van der Waals surface area contributed by atoms with Crippen LogP contribution in [0.25, 0.3) is 0 Å². The van der Waals surface area contributed by atoms with Crippen LogP contribution in [0.15, 0.2) is 0 Å². The fourth-order valence-corrected chi connectivity index (χ4v) is 1.30. The summed E-state index contributed by atoms with van der Waals surface area (Å²) < 4.78 is 5.21. The lowest BCUT2D eigenvalue weighted by atomic mass is 9.94. The molecule has 0 saturated carbocycles. The first-order valence-electron chi connectivity index (χ1n) is 6.05. The molecule has 0 aliphatic carbocycles. The Kier molecular flexibility index (Phi) is 5.82. The zero-order valence-electron chi connectivity index (χ0n) is 11.7. The molecule has 0 aromatic heterocycles. The number of ketones is 1. The maximum absolute atomic E-state index is 11.7. The number of esters is 1. The number of Topliss-reactive ketones (excluding diaryl/α,β-unsaturated/α-hetero) is 1. The van der Waals surface area contributed by atoms with E-state index in [0.717, 1.165) is 0 Å². The molecule has 0 amide bonds. The first-order chi connectivity index (χ1) is 7.54. The van der Waals surface area contributed by atoms with E-state index in [2.05, 4.69) is 0 Å². The molecule has 4 nitrogen and oxygen atoms in total. The van der Waals surface area contributed by atoms with Gasteiger partial charge in [-0.1, -0.05) is 20.8 Å². The minimum atomic E-state index is -0.519. The summed E-state index contributed by atoms with van der Waals surface area (Å²) >= 11 is 0. The Labute approximate surface area is 104 Å². The molecule has 0 saturated heterocycles. The van der Waals surface area contributed by atoms with E-state index in [9.17, 15) is 9.59 Å². The molecule has 0 heterocycles. The molecule has 0 aromatic carbocycles. The molecule has 0 bridgehead atoms. The van der Waals surface area contributed by atoms with Crippen LogP contribution in [0.4, 0.5) is 0 Å². The maximum atomic E-state index is 11.7. The van der Waals surface area contributed by atoms with E-state index in [1.807, 2.05) is 13.8 Å². The Bertz CT molecular complexity index is 279. The van der Waals surface area contributed by atoms with Crippen LogP contribution >= 0.6 is 0 Å². The van der Waals surface area contributed by atoms with Gasteiger partial charge in [-0.05, 0) is 26.7 Å². The van der Waals surface area contributed by atoms with Crippen LogP contribution in [-0.4, -0.2) is 23.4 Å². The van der Waals surface area contributed by atoms with Gasteiger partial charge >= 0.3 is 5.97 Å². The van der Waals surface area contributed by atoms with Crippen LogP contribution in [0.1, 0.15) is 48.0 Å². The summed E-state index contributed by atoms with van der Waals surface area (Å²) in [6.45, 7) is 10.9. The van der Waals surface area contributed by atoms with Crippen LogP contribution in [0, 0.1) is 11.8 Å². The fraction of sp³-hybridized carbons (Fsp3) is 0.846. The van der Waals surface area contributed by atoms with Gasteiger partial charge < -0.3 is 10.5 Å². The standard InChI is InChI=1S/C13H25NO3/c1-8(2)11(14)10(15)7-9(3)12(16)17-13(4,5)6/h8-9,11H,7,14H2,1-6H3/t9-,11+/m1/s1. The van der Waals surface area contributed by atoms with Gasteiger partial charge in [0, 0.05) is 6.42 Å². The maximum Gasteiger partial charge on any atom is 0.309 e. The van der Waals surface area contributed by atoms with Crippen molar-refractivity contribution >= 4 is 11.8 Å². The highest BCUT2D eigenvalue weighted by Crippen LogP contribution is 2.15. The normalized spacial score (nSPS) is 15.5. The van der Waals surface area contributed by atoms with Gasteiger partial charge in [0.15, 0.2) is 5.78 Å². The van der Waals surface area contributed by atoms with Crippen LogP contribution < -0.4 is 5.73 Å². The van der Waals surface area contributed by atoms with E-state index in [0.29, 0.717) is 0 Å². The molecular formula is C13H25NO3. The summed E-state index contributed by atoms with van der Waals surface area (Å²) in [6.07, 6.45) is 0.147. The van der Waals surface area contributed by atoms with Crippen molar-refractivity contribution in [3.8, 4) is 0 Å². The van der Waals surface area contributed by atoms with E-state index >= 15 is 0 Å². The van der Waals surface area contributed by atoms with E-state index < -0.39 is 17.6 Å². The summed E-state index contributed by atoms with van der Waals surface area (Å²) in [5.74, 6) is -0.778. The van der Waals surface area contributed by atoms with Crippen molar-refractivity contribution in [2.45, 2.75) is 59.6 Å². The molecule has 0 rings (SSSR count). The van der Waals surface area contributed by atoms with Crippen molar-refractivity contribution in [3.05, 3.63) is 0 Å². The first-order valence-corrected chi connectivity index (χ1v) is 6.05. The van der Waals surface area contributed by atoms with Crippen molar-refractivity contribution in [1.82, 2.24) is 0 Å². The molecule has 0 aromatic rings. The van der Waals surface area contributed by atoms with Gasteiger partial charge in [-0.25, -0.2) is 0 Å². The third-order valence-electron chi connectivity index (χ3n) is 2.41. The highest BCUT2D eigenvalue weighted by molar-refractivity contribution is 5.88. The van der Waals surface area contributed by atoms with Gasteiger partial charge in [0.05, 0.1) is 12.0 Å². The summed E-state index contributed by atoms with van der Waals surface area (Å²) in [4.78, 5) is 23.4. The summed E-state index contributed by atoms with van der Waals surface area (Å²) in [5, 5.41) is 0. The Hall–Kier alpha value is -0.900. The van der Waals surface area contributed by atoms with Crippen molar-refractivity contribution in [2.24, 2.45) is 17.6 Å². The molecule has 0 radical (unpaired) electrons. The van der Waals surface area contributed by atoms with Gasteiger partial charge in [-0.3, -0.25) is 9.59 Å². The molecule has 2 N–H and O–H groups in total. The van der Waals surface area contributed by atoms with Crippen LogP contribution in [-0.2, 0) is 14.3 Å². The lowest BCUT2D eigenvalue weighted by molar-refractivity contribution is -0.160. The van der Waals surface area contributed by atoms with Gasteiger partial charge in [-0.15, -0.1) is 0 Å². The predicted octanol–water partition coefficient (Wildman–Crippen LogP) is 1.91. The van der Waals surface area contributed by atoms with Gasteiger partial charge in [-0.2, -0.15) is 0 Å². The fourth-order valence-electron chi connectivity index (χ4n) is 1.30. The van der Waals surface area contributed by atoms with Gasteiger partial charge in [0.2, 0.25) is 0 Å². The monoisotopic (exact) mass is 243 g/mol. The van der Waals surface area contributed by atoms with Crippen molar-refractivity contribution in [2.75, 3.05) is 0 Å². The smallest absolute Gasteiger partial charge is 0.309 e. The second-order valence-corrected chi connectivity index (χ2v) is 5.87. The molecule has 100 valence electrons. The van der Waals surface area contributed by atoms with Crippen LogP contribution in [0.5, 0.6) is 0 Å². The second-order valence-electron chi connectivity index (χ2n) is 5.87. The van der Waals surface area contributed by atoms with Crippen LogP contribution in [0.3, 0.4) is 0 Å². The third-order valence-corrected chi connectivity index (χ3v) is 2.41. The SMILES string of the molecule is CC(C)[C@H](N)C(=O)C[C@@H](C)C(=O)OC(C)(C)C. The number of rotatable bonds is 5. The van der Waals surface area contributed by atoms with Crippen molar-refractivity contribution < 1.29 is 14.3 Å². The Morgan fingerprint density at radius 2 is 1.65 bits per heavy atom. The quantitative estimate of drug-likeness (QED) is 0.749. The van der Waals surface area contributed by atoms with Crippen molar-refractivity contribution in [1.29, 1.82) is 0 Å².